The van der Waals surface area contributed by atoms with Crippen molar-refractivity contribution in [1.82, 2.24) is 14.9 Å². The Kier molecular flexibility index (Phi) is 4.92. The van der Waals surface area contributed by atoms with E-state index in [1.807, 2.05) is 41.0 Å². The zero-order valence-electron chi connectivity index (χ0n) is 14.2. The van der Waals surface area contributed by atoms with Crippen LogP contribution in [0.4, 0.5) is 5.82 Å². The molecule has 0 bridgehead atoms. The number of hydrogen-bond donors (Lipinski definition) is 1. The van der Waals surface area contributed by atoms with E-state index in [1.54, 1.807) is 6.20 Å². The quantitative estimate of drug-likeness (QED) is 0.908. The molecule has 1 saturated heterocycles. The zero-order chi connectivity index (χ0) is 17.8. The van der Waals surface area contributed by atoms with Gasteiger partial charge in [-0.15, -0.1) is 0 Å². The first-order valence-electron chi connectivity index (χ1n) is 8.27. The zero-order valence-corrected chi connectivity index (χ0v) is 14.2. The molecule has 2 N–H and O–H groups in total. The van der Waals surface area contributed by atoms with Crippen molar-refractivity contribution in [2.45, 2.75) is 13.3 Å². The molecular weight excluding hydrogens is 318 g/mol. The lowest BCUT2D eigenvalue weighted by Crippen LogP contribution is -2.35. The molecule has 0 aliphatic carbocycles. The van der Waals surface area contributed by atoms with Crippen LogP contribution in [-0.4, -0.2) is 52.9 Å². The average molecular weight is 339 g/mol. The minimum absolute atomic E-state index is 0.0440. The lowest BCUT2D eigenvalue weighted by molar-refractivity contribution is 0.0766. The van der Waals surface area contributed by atoms with Crippen LogP contribution in [0.3, 0.4) is 0 Å². The molecule has 0 atom stereocenters. The van der Waals surface area contributed by atoms with Gasteiger partial charge in [-0.2, -0.15) is 0 Å². The Hall–Kier alpha value is -2.96. The number of nitrogens with zero attached hydrogens (tertiary/aromatic N) is 4. The van der Waals surface area contributed by atoms with E-state index in [0.717, 1.165) is 18.5 Å². The highest BCUT2D eigenvalue weighted by Crippen LogP contribution is 2.15. The van der Waals surface area contributed by atoms with Crippen molar-refractivity contribution in [2.24, 2.45) is 5.73 Å². The van der Waals surface area contributed by atoms with Crippen molar-refractivity contribution in [3.63, 3.8) is 0 Å². The van der Waals surface area contributed by atoms with Crippen LogP contribution in [-0.2, 0) is 0 Å². The third kappa shape index (κ3) is 3.93. The van der Waals surface area contributed by atoms with Crippen LogP contribution in [0, 0.1) is 6.92 Å². The van der Waals surface area contributed by atoms with Crippen molar-refractivity contribution in [3.05, 3.63) is 53.5 Å². The van der Waals surface area contributed by atoms with Gasteiger partial charge >= 0.3 is 0 Å². The molecule has 7 nitrogen and oxygen atoms in total. The summed E-state index contributed by atoms with van der Waals surface area (Å²) in [6.07, 6.45) is 3.79. The third-order valence-corrected chi connectivity index (χ3v) is 4.25. The fraction of sp³-hybridized carbons (Fsp3) is 0.333. The van der Waals surface area contributed by atoms with Crippen molar-refractivity contribution < 1.29 is 9.59 Å². The number of primary amides is 1. The Bertz CT molecular complexity index is 793. The molecule has 1 aromatic carbocycles. The second-order valence-electron chi connectivity index (χ2n) is 6.13. The van der Waals surface area contributed by atoms with Gasteiger partial charge in [0.1, 0.15) is 11.5 Å². The van der Waals surface area contributed by atoms with Crippen LogP contribution in [0.2, 0.25) is 0 Å². The molecule has 2 heterocycles. The molecule has 1 aromatic heterocycles. The maximum Gasteiger partial charge on any atom is 0.268 e. The molecule has 25 heavy (non-hydrogen) atoms. The summed E-state index contributed by atoms with van der Waals surface area (Å²) >= 11 is 0. The van der Waals surface area contributed by atoms with Crippen LogP contribution in [0.15, 0.2) is 36.7 Å². The Labute approximate surface area is 146 Å². The first-order valence-corrected chi connectivity index (χ1v) is 8.27. The molecule has 1 aliphatic rings. The number of rotatable bonds is 3. The van der Waals surface area contributed by atoms with Gasteiger partial charge in [0.25, 0.3) is 11.8 Å². The summed E-state index contributed by atoms with van der Waals surface area (Å²) in [6, 6.07) is 7.63. The molecule has 0 spiro atoms. The monoisotopic (exact) mass is 339 g/mol. The Morgan fingerprint density at radius 3 is 2.72 bits per heavy atom. The van der Waals surface area contributed by atoms with E-state index >= 15 is 0 Å². The molecule has 3 rings (SSSR count). The van der Waals surface area contributed by atoms with Gasteiger partial charge in [0.05, 0.1) is 12.4 Å². The standard InChI is InChI=1S/C18H21N5O2/c1-13-4-2-5-14(10-13)18(25)23-7-3-6-22(8-9-23)16-12-20-11-15(21-16)17(19)24/h2,4-5,10-12H,3,6-9H2,1H3,(H2,19,24). The van der Waals surface area contributed by atoms with Crippen molar-refractivity contribution >= 4 is 17.6 Å². The molecule has 2 amide bonds. The van der Waals surface area contributed by atoms with Crippen LogP contribution >= 0.6 is 0 Å². The van der Waals surface area contributed by atoms with Gasteiger partial charge in [-0.1, -0.05) is 17.7 Å². The highest BCUT2D eigenvalue weighted by molar-refractivity contribution is 5.94. The number of nitrogens with two attached hydrogens (primary N) is 1. The normalized spacial score (nSPS) is 14.9. The fourth-order valence-electron chi connectivity index (χ4n) is 2.94. The third-order valence-electron chi connectivity index (χ3n) is 4.25. The van der Waals surface area contributed by atoms with E-state index in [-0.39, 0.29) is 11.6 Å². The highest BCUT2D eigenvalue weighted by Gasteiger charge is 2.21. The predicted molar refractivity (Wildman–Crippen MR) is 94.5 cm³/mol. The van der Waals surface area contributed by atoms with Gasteiger partial charge in [-0.05, 0) is 25.5 Å². The Morgan fingerprint density at radius 2 is 1.96 bits per heavy atom. The van der Waals surface area contributed by atoms with Crippen LogP contribution < -0.4 is 10.6 Å². The van der Waals surface area contributed by atoms with Crippen molar-refractivity contribution in [1.29, 1.82) is 0 Å². The number of hydrogen-bond acceptors (Lipinski definition) is 5. The van der Waals surface area contributed by atoms with Gasteiger partial charge in [-0.25, -0.2) is 4.98 Å². The number of amides is 2. The first-order chi connectivity index (χ1) is 12.0. The van der Waals surface area contributed by atoms with E-state index in [4.69, 9.17) is 5.73 Å². The molecule has 1 fully saturated rings. The summed E-state index contributed by atoms with van der Waals surface area (Å²) in [5, 5.41) is 0. The molecule has 0 saturated carbocycles. The maximum absolute atomic E-state index is 12.7. The number of carbonyl (C=O) groups excluding carboxylic acids is 2. The second-order valence-corrected chi connectivity index (χ2v) is 6.13. The number of carbonyl (C=O) groups is 2. The largest absolute Gasteiger partial charge is 0.364 e. The molecule has 0 radical (unpaired) electrons. The van der Waals surface area contributed by atoms with E-state index in [1.165, 1.54) is 6.20 Å². The summed E-state index contributed by atoms with van der Waals surface area (Å²) < 4.78 is 0. The summed E-state index contributed by atoms with van der Waals surface area (Å²) in [7, 11) is 0. The van der Waals surface area contributed by atoms with Gasteiger partial charge in [-0.3, -0.25) is 14.6 Å². The fourth-order valence-corrected chi connectivity index (χ4v) is 2.94. The molecule has 0 unspecified atom stereocenters. The maximum atomic E-state index is 12.7. The molecule has 130 valence electrons. The number of aromatic nitrogens is 2. The van der Waals surface area contributed by atoms with Crippen LogP contribution in [0.5, 0.6) is 0 Å². The SMILES string of the molecule is Cc1cccc(C(=O)N2CCCN(c3cncc(C(N)=O)n3)CC2)c1. The lowest BCUT2D eigenvalue weighted by atomic mass is 10.1. The molecule has 1 aliphatic heterocycles. The number of benzene rings is 1. The number of aryl methyl sites for hydroxylation is 1. The van der Waals surface area contributed by atoms with Gasteiger partial charge in [0, 0.05) is 31.7 Å². The summed E-state index contributed by atoms with van der Waals surface area (Å²) in [4.78, 5) is 36.2. The van der Waals surface area contributed by atoms with Gasteiger partial charge < -0.3 is 15.5 Å². The van der Waals surface area contributed by atoms with E-state index in [2.05, 4.69) is 9.97 Å². The topological polar surface area (TPSA) is 92.4 Å². The summed E-state index contributed by atoms with van der Waals surface area (Å²) in [6.45, 7) is 4.63. The minimum Gasteiger partial charge on any atom is -0.364 e. The number of anilines is 1. The highest BCUT2D eigenvalue weighted by atomic mass is 16.2. The molecular formula is C18H21N5O2. The van der Waals surface area contributed by atoms with E-state index in [9.17, 15) is 9.59 Å². The van der Waals surface area contributed by atoms with Crippen LogP contribution in [0.1, 0.15) is 32.8 Å². The van der Waals surface area contributed by atoms with Gasteiger partial charge in [0.15, 0.2) is 0 Å². The average Bonchev–Trinajstić information content (AvgIpc) is 2.87. The van der Waals surface area contributed by atoms with E-state index < -0.39 is 5.91 Å². The summed E-state index contributed by atoms with van der Waals surface area (Å²) in [5.74, 6) is 0.0594. The minimum atomic E-state index is -0.597. The summed E-state index contributed by atoms with van der Waals surface area (Å²) in [5.41, 5.74) is 7.20. The molecule has 7 heteroatoms. The van der Waals surface area contributed by atoms with Gasteiger partial charge in [0.2, 0.25) is 0 Å². The van der Waals surface area contributed by atoms with E-state index in [0.29, 0.717) is 31.0 Å². The molecule has 2 aromatic rings. The lowest BCUT2D eigenvalue weighted by Gasteiger charge is -2.23. The predicted octanol–water partition coefficient (Wildman–Crippen LogP) is 1.24. The Morgan fingerprint density at radius 1 is 1.12 bits per heavy atom. The first kappa shape index (κ1) is 16.9. The second kappa shape index (κ2) is 7.29. The Balaban J connectivity index is 1.71. The van der Waals surface area contributed by atoms with Crippen molar-refractivity contribution in [2.75, 3.05) is 31.1 Å². The van der Waals surface area contributed by atoms with Crippen molar-refractivity contribution in [3.8, 4) is 0 Å². The van der Waals surface area contributed by atoms with Crippen LogP contribution in [0.25, 0.3) is 0 Å². The smallest absolute Gasteiger partial charge is 0.268 e.